The van der Waals surface area contributed by atoms with Crippen molar-refractivity contribution in [2.45, 2.75) is 34.1 Å². The topological polar surface area (TPSA) is 97.8 Å². The molecule has 1 fully saturated rings. The molecule has 166 valence electrons. The summed E-state index contributed by atoms with van der Waals surface area (Å²) in [7, 11) is 1.55. The fraction of sp³-hybridized carbons (Fsp3) is 0.455. The smallest absolute Gasteiger partial charge is 0.350 e. The van der Waals surface area contributed by atoms with Crippen molar-refractivity contribution in [1.29, 1.82) is 0 Å². The van der Waals surface area contributed by atoms with Crippen LogP contribution in [0.15, 0.2) is 18.2 Å². The van der Waals surface area contributed by atoms with Gasteiger partial charge < -0.3 is 19.7 Å². The van der Waals surface area contributed by atoms with Gasteiger partial charge in [0, 0.05) is 13.0 Å². The van der Waals surface area contributed by atoms with Gasteiger partial charge in [-0.3, -0.25) is 9.59 Å². The number of anilines is 2. The molecule has 0 spiro atoms. The molecule has 8 nitrogen and oxygen atoms in total. The zero-order chi connectivity index (χ0) is 22.7. The molecule has 0 bridgehead atoms. The van der Waals surface area contributed by atoms with Crippen LogP contribution in [0, 0.1) is 25.7 Å². The minimum atomic E-state index is -0.529. The minimum absolute atomic E-state index is 0.0938. The number of nitrogens with zero attached hydrogens (tertiary/aromatic N) is 2. The fourth-order valence-electron chi connectivity index (χ4n) is 3.28. The average molecular weight is 446 g/mol. The number of ether oxygens (including phenoxy) is 2. The Morgan fingerprint density at radius 3 is 2.74 bits per heavy atom. The van der Waals surface area contributed by atoms with Crippen LogP contribution in [0.3, 0.4) is 0 Å². The van der Waals surface area contributed by atoms with E-state index in [-0.39, 0.29) is 30.7 Å². The summed E-state index contributed by atoms with van der Waals surface area (Å²) in [5, 5.41) is 3.07. The third-order valence-electron chi connectivity index (χ3n) is 4.88. The van der Waals surface area contributed by atoms with E-state index in [1.54, 1.807) is 18.9 Å². The lowest BCUT2D eigenvalue weighted by Gasteiger charge is -2.20. The van der Waals surface area contributed by atoms with Crippen LogP contribution in [0.5, 0.6) is 5.75 Å². The highest BCUT2D eigenvalue weighted by molar-refractivity contribution is 7.17. The summed E-state index contributed by atoms with van der Waals surface area (Å²) in [4.78, 5) is 43.9. The highest BCUT2D eigenvalue weighted by Gasteiger charge is 2.36. The quantitative estimate of drug-likeness (QED) is 0.655. The molecule has 9 heteroatoms. The third-order valence-corrected chi connectivity index (χ3v) is 5.93. The van der Waals surface area contributed by atoms with Crippen LogP contribution in [0.1, 0.15) is 41.2 Å². The first-order chi connectivity index (χ1) is 14.7. The number of aromatic nitrogens is 1. The molecule has 0 aliphatic carbocycles. The Hall–Kier alpha value is -2.94. The van der Waals surface area contributed by atoms with E-state index in [0.29, 0.717) is 33.7 Å². The van der Waals surface area contributed by atoms with Gasteiger partial charge in [-0.25, -0.2) is 9.78 Å². The number of aryl methyl sites for hydroxylation is 2. The Balaban J connectivity index is 1.68. The Bertz CT molecular complexity index is 1000. The van der Waals surface area contributed by atoms with Crippen molar-refractivity contribution in [2.24, 2.45) is 11.8 Å². The maximum atomic E-state index is 12.8. The van der Waals surface area contributed by atoms with Crippen LogP contribution < -0.4 is 15.0 Å². The number of methoxy groups -OCH3 is 1. The predicted octanol–water partition coefficient (Wildman–Crippen LogP) is 3.57. The van der Waals surface area contributed by atoms with Gasteiger partial charge in [0.2, 0.25) is 11.8 Å². The zero-order valence-corrected chi connectivity index (χ0v) is 19.2. The Morgan fingerprint density at radius 1 is 1.32 bits per heavy atom. The van der Waals surface area contributed by atoms with E-state index in [0.717, 1.165) is 16.9 Å². The van der Waals surface area contributed by atoms with Crippen molar-refractivity contribution in [3.05, 3.63) is 34.3 Å². The molecule has 1 saturated heterocycles. The van der Waals surface area contributed by atoms with Crippen LogP contribution in [0.2, 0.25) is 0 Å². The van der Waals surface area contributed by atoms with Crippen LogP contribution in [-0.2, 0) is 14.3 Å². The molecule has 1 aliphatic heterocycles. The van der Waals surface area contributed by atoms with Crippen molar-refractivity contribution >= 4 is 39.9 Å². The maximum absolute atomic E-state index is 12.8. The molecule has 2 amide bonds. The van der Waals surface area contributed by atoms with Crippen molar-refractivity contribution in [1.82, 2.24) is 4.98 Å². The molecule has 1 aromatic heterocycles. The van der Waals surface area contributed by atoms with Crippen molar-refractivity contribution in [3.63, 3.8) is 0 Å². The largest absolute Gasteiger partial charge is 0.495 e. The van der Waals surface area contributed by atoms with Crippen LogP contribution >= 0.6 is 11.3 Å². The fourth-order valence-corrected chi connectivity index (χ4v) is 4.14. The average Bonchev–Trinajstić information content (AvgIpc) is 3.28. The number of carbonyl (C=O) groups is 3. The predicted molar refractivity (Wildman–Crippen MR) is 119 cm³/mol. The van der Waals surface area contributed by atoms with E-state index < -0.39 is 11.9 Å². The van der Waals surface area contributed by atoms with Gasteiger partial charge >= 0.3 is 5.97 Å². The van der Waals surface area contributed by atoms with E-state index in [1.807, 2.05) is 39.0 Å². The summed E-state index contributed by atoms with van der Waals surface area (Å²) in [5.74, 6) is -0.613. The second kappa shape index (κ2) is 9.47. The van der Waals surface area contributed by atoms with Gasteiger partial charge in [0.25, 0.3) is 0 Å². The van der Waals surface area contributed by atoms with Crippen LogP contribution in [-0.4, -0.2) is 43.0 Å². The molecule has 1 unspecified atom stereocenters. The maximum Gasteiger partial charge on any atom is 0.350 e. The molecule has 1 aromatic carbocycles. The lowest BCUT2D eigenvalue weighted by Crippen LogP contribution is -2.28. The summed E-state index contributed by atoms with van der Waals surface area (Å²) in [6, 6.07) is 5.58. The molecule has 31 heavy (non-hydrogen) atoms. The summed E-state index contributed by atoms with van der Waals surface area (Å²) in [5.41, 5.74) is 2.15. The standard InChI is InChI=1S/C22H27N3O5S/c1-12(2)11-30-21(28)19-14(4)23-22(31-19)24-20(27)15-9-18(26)25(10-15)16-8-13(3)6-7-17(16)29-5/h6-8,12,15H,9-11H2,1-5H3,(H,23,24,27). The second-order valence-corrected chi connectivity index (χ2v) is 8.99. The number of esters is 1. The van der Waals surface area contributed by atoms with Gasteiger partial charge in [-0.05, 0) is 37.5 Å². The molecule has 0 saturated carbocycles. The number of benzene rings is 1. The highest BCUT2D eigenvalue weighted by atomic mass is 32.1. The van der Waals surface area contributed by atoms with Crippen LogP contribution in [0.4, 0.5) is 10.8 Å². The number of rotatable bonds is 7. The first-order valence-corrected chi connectivity index (χ1v) is 10.9. The number of carbonyl (C=O) groups excluding carboxylic acids is 3. The van der Waals surface area contributed by atoms with Gasteiger partial charge in [0.1, 0.15) is 10.6 Å². The van der Waals surface area contributed by atoms with Gasteiger partial charge in [0.05, 0.1) is 31.0 Å². The Labute approximate surface area is 185 Å². The zero-order valence-electron chi connectivity index (χ0n) is 18.4. The van der Waals surface area contributed by atoms with E-state index in [2.05, 4.69) is 10.3 Å². The Morgan fingerprint density at radius 2 is 2.06 bits per heavy atom. The highest BCUT2D eigenvalue weighted by Crippen LogP contribution is 2.34. The van der Waals surface area contributed by atoms with Crippen molar-refractivity contribution in [3.8, 4) is 5.75 Å². The molecule has 2 aromatic rings. The molecule has 3 rings (SSSR count). The number of hydrogen-bond acceptors (Lipinski definition) is 7. The van der Waals surface area contributed by atoms with Gasteiger partial charge in [-0.1, -0.05) is 31.3 Å². The molecule has 0 radical (unpaired) electrons. The summed E-state index contributed by atoms with van der Waals surface area (Å²) in [6.07, 6.45) is 0.0938. The van der Waals surface area contributed by atoms with Gasteiger partial charge in [-0.2, -0.15) is 0 Å². The molecule has 1 N–H and O–H groups in total. The third kappa shape index (κ3) is 5.22. The van der Waals surface area contributed by atoms with Crippen molar-refractivity contribution < 1.29 is 23.9 Å². The number of nitrogens with one attached hydrogen (secondary N) is 1. The van der Waals surface area contributed by atoms with Gasteiger partial charge in [-0.15, -0.1) is 0 Å². The number of hydrogen-bond donors (Lipinski definition) is 1. The van der Waals surface area contributed by atoms with E-state index in [4.69, 9.17) is 9.47 Å². The number of thiazole rings is 1. The molecule has 1 aliphatic rings. The summed E-state index contributed by atoms with van der Waals surface area (Å²) >= 11 is 1.08. The first kappa shape index (κ1) is 22.7. The normalized spacial score (nSPS) is 16.0. The van der Waals surface area contributed by atoms with E-state index in [1.165, 1.54) is 0 Å². The molecular formula is C22H27N3O5S. The SMILES string of the molecule is COc1ccc(C)cc1N1CC(C(=O)Nc2nc(C)c(C(=O)OCC(C)C)s2)CC1=O. The lowest BCUT2D eigenvalue weighted by atomic mass is 10.1. The van der Waals surface area contributed by atoms with E-state index in [9.17, 15) is 14.4 Å². The lowest BCUT2D eigenvalue weighted by molar-refractivity contribution is -0.122. The van der Waals surface area contributed by atoms with Gasteiger partial charge in [0.15, 0.2) is 5.13 Å². The minimum Gasteiger partial charge on any atom is -0.495 e. The van der Waals surface area contributed by atoms with Crippen LogP contribution in [0.25, 0.3) is 0 Å². The molecular weight excluding hydrogens is 418 g/mol. The molecule has 2 heterocycles. The number of amides is 2. The van der Waals surface area contributed by atoms with Crippen molar-refractivity contribution in [2.75, 3.05) is 30.5 Å². The second-order valence-electron chi connectivity index (χ2n) is 8.00. The first-order valence-electron chi connectivity index (χ1n) is 10.1. The summed E-state index contributed by atoms with van der Waals surface area (Å²) in [6.45, 7) is 8.11. The molecule has 1 atom stereocenters. The Kier molecular flexibility index (Phi) is 6.94. The van der Waals surface area contributed by atoms with E-state index >= 15 is 0 Å². The monoisotopic (exact) mass is 445 g/mol. The summed E-state index contributed by atoms with van der Waals surface area (Å²) < 4.78 is 10.6.